The van der Waals surface area contributed by atoms with E-state index in [1.807, 2.05) is 42.6 Å². The van der Waals surface area contributed by atoms with E-state index in [0.29, 0.717) is 5.82 Å². The Hall–Kier alpha value is -2.40. The number of aliphatic carboxylic acids is 1. The van der Waals surface area contributed by atoms with Gasteiger partial charge in [-0.25, -0.2) is 4.98 Å². The van der Waals surface area contributed by atoms with Gasteiger partial charge in [0, 0.05) is 21.5 Å². The van der Waals surface area contributed by atoms with E-state index in [1.54, 1.807) is 11.3 Å². The Morgan fingerprint density at radius 1 is 1.24 bits per heavy atom. The van der Waals surface area contributed by atoms with Crippen LogP contribution in [-0.4, -0.2) is 22.6 Å². The number of hydrogen-bond acceptors (Lipinski definition) is 4. The SMILES string of the molecule is Cc1nc(NCC(=O)O)c2ccccc2c1-c1cccs1. The number of rotatable bonds is 4. The predicted molar refractivity (Wildman–Crippen MR) is 85.9 cm³/mol. The summed E-state index contributed by atoms with van der Waals surface area (Å²) in [5, 5.41) is 15.8. The van der Waals surface area contributed by atoms with Crippen LogP contribution < -0.4 is 5.32 Å². The number of fused-ring (bicyclic) bond motifs is 1. The maximum Gasteiger partial charge on any atom is 0.322 e. The van der Waals surface area contributed by atoms with Crippen molar-refractivity contribution in [1.29, 1.82) is 0 Å². The second-order valence-electron chi connectivity index (χ2n) is 4.69. The second kappa shape index (κ2) is 5.54. The summed E-state index contributed by atoms with van der Waals surface area (Å²) in [6, 6.07) is 12.0. The molecule has 0 aliphatic heterocycles. The lowest BCUT2D eigenvalue weighted by Gasteiger charge is -2.13. The molecule has 0 unspecified atom stereocenters. The summed E-state index contributed by atoms with van der Waals surface area (Å²) in [6.45, 7) is 1.81. The van der Waals surface area contributed by atoms with E-state index < -0.39 is 5.97 Å². The predicted octanol–water partition coefficient (Wildman–Crippen LogP) is 3.77. The molecule has 0 saturated carbocycles. The van der Waals surface area contributed by atoms with Crippen LogP contribution in [0.25, 0.3) is 21.2 Å². The summed E-state index contributed by atoms with van der Waals surface area (Å²) >= 11 is 1.67. The van der Waals surface area contributed by atoms with Gasteiger partial charge in [-0.15, -0.1) is 11.3 Å². The van der Waals surface area contributed by atoms with E-state index >= 15 is 0 Å². The molecule has 2 aromatic heterocycles. The third-order valence-corrected chi connectivity index (χ3v) is 4.15. The molecule has 0 bridgehead atoms. The van der Waals surface area contributed by atoms with Crippen LogP contribution in [0.4, 0.5) is 5.82 Å². The van der Waals surface area contributed by atoms with Crippen LogP contribution >= 0.6 is 11.3 Å². The van der Waals surface area contributed by atoms with Crippen molar-refractivity contribution in [3.63, 3.8) is 0 Å². The van der Waals surface area contributed by atoms with E-state index in [-0.39, 0.29) is 6.54 Å². The highest BCUT2D eigenvalue weighted by atomic mass is 32.1. The first-order valence-electron chi connectivity index (χ1n) is 6.55. The third-order valence-electron chi connectivity index (χ3n) is 3.27. The number of anilines is 1. The van der Waals surface area contributed by atoms with Gasteiger partial charge in [-0.2, -0.15) is 0 Å². The number of benzene rings is 1. The molecule has 0 aliphatic rings. The molecule has 0 radical (unpaired) electrons. The van der Waals surface area contributed by atoms with Crippen molar-refractivity contribution in [1.82, 2.24) is 4.98 Å². The van der Waals surface area contributed by atoms with Crippen LogP contribution in [0.15, 0.2) is 41.8 Å². The van der Waals surface area contributed by atoms with Gasteiger partial charge in [0.05, 0.1) is 0 Å². The zero-order valence-corrected chi connectivity index (χ0v) is 12.3. The fourth-order valence-electron chi connectivity index (χ4n) is 2.41. The highest BCUT2D eigenvalue weighted by molar-refractivity contribution is 7.13. The highest BCUT2D eigenvalue weighted by Crippen LogP contribution is 2.36. The number of aryl methyl sites for hydroxylation is 1. The maximum absolute atomic E-state index is 10.8. The van der Waals surface area contributed by atoms with Crippen molar-refractivity contribution in [2.45, 2.75) is 6.92 Å². The first-order chi connectivity index (χ1) is 10.2. The molecule has 0 saturated heterocycles. The molecule has 3 rings (SSSR count). The van der Waals surface area contributed by atoms with Gasteiger partial charge in [-0.05, 0) is 23.8 Å². The number of nitrogens with one attached hydrogen (secondary N) is 1. The maximum atomic E-state index is 10.8. The molecule has 4 nitrogen and oxygen atoms in total. The molecule has 106 valence electrons. The Morgan fingerprint density at radius 2 is 2.00 bits per heavy atom. The number of carbonyl (C=O) groups is 1. The standard InChI is InChI=1S/C16H14N2O2S/c1-10-15(13-7-4-8-21-13)11-5-2-3-6-12(11)16(18-10)17-9-14(19)20/h2-8H,9H2,1H3,(H,17,18)(H,19,20). The van der Waals surface area contributed by atoms with E-state index in [0.717, 1.165) is 22.0 Å². The Kier molecular flexibility index (Phi) is 3.58. The van der Waals surface area contributed by atoms with E-state index in [4.69, 9.17) is 5.11 Å². The molecule has 2 N–H and O–H groups in total. The van der Waals surface area contributed by atoms with Crippen LogP contribution in [0.1, 0.15) is 5.69 Å². The van der Waals surface area contributed by atoms with Crippen LogP contribution in [-0.2, 0) is 4.79 Å². The second-order valence-corrected chi connectivity index (χ2v) is 5.64. The van der Waals surface area contributed by atoms with Gasteiger partial charge in [-0.3, -0.25) is 4.79 Å². The number of aromatic nitrogens is 1. The Morgan fingerprint density at radius 3 is 2.67 bits per heavy atom. The van der Waals surface area contributed by atoms with E-state index in [1.165, 1.54) is 4.88 Å². The average molecular weight is 298 g/mol. The van der Waals surface area contributed by atoms with E-state index in [2.05, 4.69) is 16.4 Å². The molecule has 0 fully saturated rings. The molecule has 0 atom stereocenters. The summed E-state index contributed by atoms with van der Waals surface area (Å²) in [7, 11) is 0. The van der Waals surface area contributed by atoms with Crippen molar-refractivity contribution in [3.05, 3.63) is 47.5 Å². The minimum atomic E-state index is -0.902. The van der Waals surface area contributed by atoms with Crippen LogP contribution in [0.3, 0.4) is 0 Å². The third kappa shape index (κ3) is 2.60. The summed E-state index contributed by atoms with van der Waals surface area (Å²) in [4.78, 5) is 16.5. The molecule has 0 amide bonds. The van der Waals surface area contributed by atoms with Gasteiger partial charge in [0.1, 0.15) is 12.4 Å². The molecule has 5 heteroatoms. The fraction of sp³-hybridized carbons (Fsp3) is 0.125. The highest BCUT2D eigenvalue weighted by Gasteiger charge is 2.13. The van der Waals surface area contributed by atoms with Crippen LogP contribution in [0.5, 0.6) is 0 Å². The first kappa shape index (κ1) is 13.6. The largest absolute Gasteiger partial charge is 0.480 e. The average Bonchev–Trinajstić information content (AvgIpc) is 2.98. The van der Waals surface area contributed by atoms with Gasteiger partial charge in [0.15, 0.2) is 0 Å². The Bertz CT molecular complexity index is 797. The van der Waals surface area contributed by atoms with Gasteiger partial charge in [0.2, 0.25) is 0 Å². The summed E-state index contributed by atoms with van der Waals surface area (Å²) < 4.78 is 0. The monoisotopic (exact) mass is 298 g/mol. The van der Waals surface area contributed by atoms with Crippen molar-refractivity contribution in [2.24, 2.45) is 0 Å². The van der Waals surface area contributed by atoms with Gasteiger partial charge in [-0.1, -0.05) is 30.3 Å². The molecular weight excluding hydrogens is 284 g/mol. The summed E-state index contributed by atoms with van der Waals surface area (Å²) in [6.07, 6.45) is 0. The zero-order valence-electron chi connectivity index (χ0n) is 11.5. The van der Waals surface area contributed by atoms with Crippen molar-refractivity contribution < 1.29 is 9.90 Å². The lowest BCUT2D eigenvalue weighted by molar-refractivity contribution is -0.134. The molecule has 0 spiro atoms. The molecule has 21 heavy (non-hydrogen) atoms. The van der Waals surface area contributed by atoms with Crippen LogP contribution in [0, 0.1) is 6.92 Å². The van der Waals surface area contributed by atoms with Crippen molar-refractivity contribution in [2.75, 3.05) is 11.9 Å². The number of carboxylic acid groups (broad SMARTS) is 1. The van der Waals surface area contributed by atoms with Gasteiger partial charge in [0.25, 0.3) is 0 Å². The molecule has 2 heterocycles. The number of nitrogens with zero attached hydrogens (tertiary/aromatic N) is 1. The number of carboxylic acids is 1. The number of pyridine rings is 1. The minimum Gasteiger partial charge on any atom is -0.480 e. The minimum absolute atomic E-state index is 0.144. The first-order valence-corrected chi connectivity index (χ1v) is 7.43. The molecule has 3 aromatic rings. The van der Waals surface area contributed by atoms with Crippen molar-refractivity contribution >= 4 is 33.9 Å². The topological polar surface area (TPSA) is 62.2 Å². The van der Waals surface area contributed by atoms with Crippen LogP contribution in [0.2, 0.25) is 0 Å². The quantitative estimate of drug-likeness (QED) is 0.769. The molecule has 1 aromatic carbocycles. The fourth-order valence-corrected chi connectivity index (χ4v) is 3.25. The van der Waals surface area contributed by atoms with Crippen molar-refractivity contribution in [3.8, 4) is 10.4 Å². The zero-order chi connectivity index (χ0) is 14.8. The number of thiophene rings is 1. The molecule has 0 aliphatic carbocycles. The lowest BCUT2D eigenvalue weighted by Crippen LogP contribution is -2.14. The van der Waals surface area contributed by atoms with E-state index in [9.17, 15) is 4.79 Å². The Balaban J connectivity index is 2.21. The lowest BCUT2D eigenvalue weighted by atomic mass is 10.0. The van der Waals surface area contributed by atoms with Gasteiger partial charge >= 0.3 is 5.97 Å². The van der Waals surface area contributed by atoms with Gasteiger partial charge < -0.3 is 10.4 Å². The molecular formula is C16H14N2O2S. The summed E-state index contributed by atoms with van der Waals surface area (Å²) in [5.74, 6) is -0.285. The Labute approximate surface area is 126 Å². The smallest absolute Gasteiger partial charge is 0.322 e. The summed E-state index contributed by atoms with van der Waals surface area (Å²) in [5.41, 5.74) is 2.01. The normalized spacial score (nSPS) is 10.7. The number of hydrogen-bond donors (Lipinski definition) is 2.